The summed E-state index contributed by atoms with van der Waals surface area (Å²) in [5.41, 5.74) is 13.9. The predicted octanol–water partition coefficient (Wildman–Crippen LogP) is 10.1. The van der Waals surface area contributed by atoms with E-state index in [1.165, 1.54) is 14.2 Å². The molecular formula is C70H75BrN4O18. The number of benzene rings is 7. The molecule has 93 heavy (non-hydrogen) atoms. The maximum absolute atomic E-state index is 11.5. The molecule has 11 rings (SSSR count). The number of aliphatic carboxylic acids is 2. The van der Waals surface area contributed by atoms with E-state index < -0.39 is 11.9 Å². The number of H-pyrrole nitrogens is 4. The fraction of sp³-hybridized carbons (Fsp3) is 0.229. The molecule has 0 atom stereocenters. The first-order valence-electron chi connectivity index (χ1n) is 28.6. The van der Waals surface area contributed by atoms with E-state index in [2.05, 4.69) is 40.6 Å². The lowest BCUT2D eigenvalue weighted by Gasteiger charge is -2.10. The highest BCUT2D eigenvalue weighted by molar-refractivity contribution is 9.08. The van der Waals surface area contributed by atoms with E-state index in [4.69, 9.17) is 34.6 Å². The molecule has 0 radical (unpaired) electrons. The lowest BCUT2D eigenvalue weighted by atomic mass is 10.1. The molecule has 7 aromatic carbocycles. The van der Waals surface area contributed by atoms with E-state index in [0.29, 0.717) is 29.2 Å². The zero-order valence-corrected chi connectivity index (χ0v) is 51.8. The quantitative estimate of drug-likeness (QED) is 0.0235. The van der Waals surface area contributed by atoms with E-state index >= 15 is 0 Å². The standard InChI is InChI=1S/C20H21NO5.C19H19NO5.C11H11NO3.C10H9NO3.C9H11BrO2.CH4/c1-25-20(24)7-16-9-21-19-3-2-17(8-18(16)19)26-12-15-5-13(10-22)4-14(6-15)11-23;21-9-12-3-13(10-22)5-14(4-12)11-25-16-1-2-18-17(7-16)15(8-20-18)6-19(23)24;1-15-11(14)4-7-6-12-10-3-2-8(13)5-9(7)10;12-7-1-2-9-8(4-7)6(5-11-9)3-10(13)14;10-4-7-1-8(5-11)3-9(2-7)6-12;/h2-6,8-9,21-23H,7,10-12H2,1H3;1-5,7-8,20-22H,6,9-11H2,(H,23,24);2-3,5-6,12-13H,4H2,1H3;1-2,4-5,11-12H,3H2,(H,13,14);1-3,11-12H,4-6H2;1H4. The topological polar surface area (TPSA) is 371 Å². The first-order chi connectivity index (χ1) is 44.4. The van der Waals surface area contributed by atoms with Crippen molar-refractivity contribution in [2.24, 2.45) is 0 Å². The van der Waals surface area contributed by atoms with Gasteiger partial charge in [-0.05, 0) is 145 Å². The number of hydrogen-bond donors (Lipinski definition) is 14. The largest absolute Gasteiger partial charge is 0.508 e. The summed E-state index contributed by atoms with van der Waals surface area (Å²) < 4.78 is 21.0. The van der Waals surface area contributed by atoms with Crippen molar-refractivity contribution in [1.82, 2.24) is 19.9 Å². The number of nitrogens with one attached hydrogen (secondary N) is 4. The minimum Gasteiger partial charge on any atom is -0.508 e. The van der Waals surface area contributed by atoms with Crippen LogP contribution >= 0.6 is 15.9 Å². The van der Waals surface area contributed by atoms with Gasteiger partial charge in [0.25, 0.3) is 0 Å². The molecule has 0 saturated carbocycles. The molecule has 11 aromatic rings. The number of rotatable bonds is 21. The number of ether oxygens (including phenoxy) is 4. The van der Waals surface area contributed by atoms with E-state index in [9.17, 15) is 49.8 Å². The second-order valence-corrected chi connectivity index (χ2v) is 21.5. The van der Waals surface area contributed by atoms with Gasteiger partial charge >= 0.3 is 23.9 Å². The fourth-order valence-electron chi connectivity index (χ4n) is 9.84. The van der Waals surface area contributed by atoms with Gasteiger partial charge < -0.3 is 89.9 Å². The number of esters is 2. The van der Waals surface area contributed by atoms with Crippen LogP contribution in [0.2, 0.25) is 0 Å². The van der Waals surface area contributed by atoms with Crippen molar-refractivity contribution in [3.05, 3.63) is 225 Å². The van der Waals surface area contributed by atoms with Crippen molar-refractivity contribution in [1.29, 1.82) is 0 Å². The number of phenols is 2. The predicted molar refractivity (Wildman–Crippen MR) is 354 cm³/mol. The highest BCUT2D eigenvalue weighted by atomic mass is 79.9. The lowest BCUT2D eigenvalue weighted by molar-refractivity contribution is -0.140. The number of phenolic OH excluding ortho intramolecular Hbond substituents is 2. The van der Waals surface area contributed by atoms with E-state index in [1.54, 1.807) is 79.4 Å². The summed E-state index contributed by atoms with van der Waals surface area (Å²) >= 11 is 3.32. The SMILES string of the molecule is C.COC(=O)Cc1c[nH]c2ccc(O)cc12.COC(=O)Cc1c[nH]c2ccc(OCc3cc(CO)cc(CO)c3)cc12.O=C(O)Cc1c[nH]c2ccc(O)cc12.O=C(O)Cc1c[nH]c2ccc(OCc3cc(CO)cc(CO)c3)cc12.OCc1cc(CO)cc(CBr)c1. The van der Waals surface area contributed by atoms with Crippen LogP contribution < -0.4 is 9.47 Å². The van der Waals surface area contributed by atoms with Crippen molar-refractivity contribution >= 4 is 83.4 Å². The van der Waals surface area contributed by atoms with Crippen molar-refractivity contribution < 1.29 is 89.2 Å². The van der Waals surface area contributed by atoms with E-state index in [0.717, 1.165) is 110 Å². The number of aliphatic hydroxyl groups excluding tert-OH is 6. The minimum absolute atomic E-state index is 0. The summed E-state index contributed by atoms with van der Waals surface area (Å²) in [7, 11) is 2.72. The van der Waals surface area contributed by atoms with Crippen LogP contribution in [0.3, 0.4) is 0 Å². The fourth-order valence-corrected chi connectivity index (χ4v) is 10.2. The number of methoxy groups -OCH3 is 2. The van der Waals surface area contributed by atoms with Gasteiger partial charge in [-0.3, -0.25) is 19.2 Å². The molecule has 0 aliphatic carbocycles. The third-order valence-corrected chi connectivity index (χ3v) is 14.8. The Morgan fingerprint density at radius 2 is 0.645 bits per heavy atom. The number of alkyl halides is 1. The van der Waals surface area contributed by atoms with Crippen molar-refractivity contribution in [3.8, 4) is 23.0 Å². The highest BCUT2D eigenvalue weighted by Gasteiger charge is 2.14. The van der Waals surface area contributed by atoms with Crippen LogP contribution in [0.15, 0.2) is 152 Å². The molecule has 0 fully saturated rings. The molecule has 23 heteroatoms. The van der Waals surface area contributed by atoms with Crippen LogP contribution in [0, 0.1) is 0 Å². The van der Waals surface area contributed by atoms with Gasteiger partial charge in [0.15, 0.2) is 0 Å². The number of halogens is 1. The van der Waals surface area contributed by atoms with Gasteiger partial charge in [0.05, 0.1) is 79.5 Å². The number of aromatic hydroxyl groups is 2. The minimum atomic E-state index is -0.885. The number of carboxylic acids is 2. The number of aromatic amines is 4. The molecule has 0 unspecified atom stereocenters. The van der Waals surface area contributed by atoms with E-state index in [1.807, 2.05) is 72.8 Å². The van der Waals surface area contributed by atoms with Crippen LogP contribution in [-0.2, 0) is 113 Å². The average Bonchev–Trinajstić information content (AvgIpc) is 1.76. The first kappa shape index (κ1) is 72.1. The highest BCUT2D eigenvalue weighted by Crippen LogP contribution is 2.29. The Morgan fingerprint density at radius 3 is 0.925 bits per heavy atom. The van der Waals surface area contributed by atoms with Gasteiger partial charge in [0, 0.05) is 73.7 Å². The van der Waals surface area contributed by atoms with Crippen LogP contribution in [0.25, 0.3) is 43.6 Å². The van der Waals surface area contributed by atoms with Crippen molar-refractivity contribution in [2.75, 3.05) is 14.2 Å². The van der Waals surface area contributed by atoms with Crippen molar-refractivity contribution in [3.63, 3.8) is 0 Å². The molecule has 0 amide bonds. The monoisotopic (exact) mass is 1340 g/mol. The first-order valence-corrected chi connectivity index (χ1v) is 29.7. The Labute approximate surface area is 543 Å². The summed E-state index contributed by atoms with van der Waals surface area (Å²) in [4.78, 5) is 56.3. The molecule has 0 saturated heterocycles. The average molecular weight is 1340 g/mol. The number of aliphatic hydroxyl groups is 6. The van der Waals surface area contributed by atoms with Crippen LogP contribution in [-0.4, -0.2) is 109 Å². The van der Waals surface area contributed by atoms with Crippen molar-refractivity contribution in [2.45, 2.75) is 91.3 Å². The van der Waals surface area contributed by atoms with Gasteiger partial charge in [0.2, 0.25) is 0 Å². The van der Waals surface area contributed by atoms with Gasteiger partial charge in [-0.1, -0.05) is 78.0 Å². The number of carboxylic acid groups (broad SMARTS) is 2. The zero-order valence-electron chi connectivity index (χ0n) is 50.2. The third-order valence-electron chi connectivity index (χ3n) is 14.2. The second kappa shape index (κ2) is 35.6. The number of fused-ring (bicyclic) bond motifs is 4. The summed E-state index contributed by atoms with van der Waals surface area (Å²) in [6.45, 7) is 0.249. The Kier molecular flexibility index (Phi) is 27.6. The van der Waals surface area contributed by atoms with Gasteiger partial charge in [-0.15, -0.1) is 0 Å². The molecular weight excluding hydrogens is 1260 g/mol. The molecule has 490 valence electrons. The van der Waals surface area contributed by atoms with Crippen LogP contribution in [0.5, 0.6) is 23.0 Å². The Morgan fingerprint density at radius 1 is 0.376 bits per heavy atom. The van der Waals surface area contributed by atoms with Gasteiger partial charge in [0.1, 0.15) is 36.2 Å². The maximum atomic E-state index is 11.5. The molecule has 22 nitrogen and oxygen atoms in total. The van der Waals surface area contributed by atoms with Crippen LogP contribution in [0.1, 0.15) is 79.8 Å². The maximum Gasteiger partial charge on any atom is 0.310 e. The second-order valence-electron chi connectivity index (χ2n) is 20.9. The molecule has 0 spiro atoms. The molecule has 4 heterocycles. The lowest BCUT2D eigenvalue weighted by Crippen LogP contribution is -2.03. The number of carbonyl (C=O) groups excluding carboxylic acids is 2. The summed E-state index contributed by atoms with van der Waals surface area (Å²) in [6, 6.07) is 37.4. The zero-order chi connectivity index (χ0) is 66.3. The van der Waals surface area contributed by atoms with E-state index in [-0.39, 0.29) is 103 Å². The molecule has 0 bridgehead atoms. The number of hydrogen-bond acceptors (Lipinski definition) is 16. The summed E-state index contributed by atoms with van der Waals surface area (Å²) in [5.74, 6) is -0.730. The Hall–Kier alpha value is -9.98. The Bertz CT molecular complexity index is 4180. The van der Waals surface area contributed by atoms with Gasteiger partial charge in [-0.25, -0.2) is 0 Å². The van der Waals surface area contributed by atoms with Crippen LogP contribution in [0.4, 0.5) is 0 Å². The Balaban J connectivity index is 0.000000190. The number of aromatic nitrogens is 4. The third kappa shape index (κ3) is 21.0. The summed E-state index contributed by atoms with van der Waals surface area (Å²) in [5, 5.41) is 95.3. The molecule has 14 N–H and O–H groups in total. The molecule has 0 aliphatic rings. The normalized spacial score (nSPS) is 10.6. The summed E-state index contributed by atoms with van der Waals surface area (Å²) in [6.07, 6.45) is 7.20. The number of carbonyl (C=O) groups is 4. The molecule has 4 aromatic heterocycles. The molecule has 0 aliphatic heterocycles. The smallest absolute Gasteiger partial charge is 0.310 e. The van der Waals surface area contributed by atoms with Gasteiger partial charge in [-0.2, -0.15) is 0 Å².